The topological polar surface area (TPSA) is 54.7 Å². The van der Waals surface area contributed by atoms with E-state index in [9.17, 15) is 0 Å². The Morgan fingerprint density at radius 2 is 2.00 bits per heavy atom. The maximum atomic E-state index is 5.28. The second-order valence-corrected chi connectivity index (χ2v) is 7.63. The molecule has 0 amide bonds. The smallest absolute Gasteiger partial charge is 0.193 e. The van der Waals surface area contributed by atoms with Crippen molar-refractivity contribution in [3.05, 3.63) is 83.7 Å². The van der Waals surface area contributed by atoms with Crippen molar-refractivity contribution in [2.24, 2.45) is 4.99 Å². The molecule has 0 saturated carbocycles. The molecule has 0 radical (unpaired) electrons. The minimum Gasteiger partial charge on any atom is -0.497 e. The molecule has 6 heteroatoms. The summed E-state index contributed by atoms with van der Waals surface area (Å²) in [6.07, 6.45) is 4.93. The molecule has 0 bridgehead atoms. The molecule has 1 aromatic heterocycles. The average Bonchev–Trinajstić information content (AvgIpc) is 3.47. The molecule has 1 unspecified atom stereocenters. The Bertz CT molecular complexity index is 966. The highest BCUT2D eigenvalue weighted by molar-refractivity contribution is 5.80. The van der Waals surface area contributed by atoms with Gasteiger partial charge in [-0.1, -0.05) is 36.4 Å². The Morgan fingerprint density at radius 1 is 1.17 bits per heavy atom. The zero-order chi connectivity index (χ0) is 20.8. The standard InChI is InChI=1S/C24H29N5O/c1-25-24(28-14-11-22(18-28)21-7-9-23(30-2)10-8-21)26-16-19-5-3-6-20(15-19)17-29-13-4-12-27-29/h3-10,12-13,15,22H,11,14,16-18H2,1-2H3,(H,25,26). The summed E-state index contributed by atoms with van der Waals surface area (Å²) >= 11 is 0. The summed E-state index contributed by atoms with van der Waals surface area (Å²) in [6, 6.07) is 19.0. The number of nitrogens with zero attached hydrogens (tertiary/aromatic N) is 4. The van der Waals surface area contributed by atoms with E-state index in [1.54, 1.807) is 7.11 Å². The van der Waals surface area contributed by atoms with E-state index < -0.39 is 0 Å². The van der Waals surface area contributed by atoms with Crippen molar-refractivity contribution < 1.29 is 4.74 Å². The van der Waals surface area contributed by atoms with Gasteiger partial charge in [0.15, 0.2) is 5.96 Å². The number of guanidine groups is 1. The van der Waals surface area contributed by atoms with E-state index in [0.717, 1.165) is 44.3 Å². The largest absolute Gasteiger partial charge is 0.497 e. The van der Waals surface area contributed by atoms with Crippen molar-refractivity contribution in [1.82, 2.24) is 20.0 Å². The molecule has 0 spiro atoms. The minimum atomic E-state index is 0.520. The highest BCUT2D eigenvalue weighted by Gasteiger charge is 2.26. The van der Waals surface area contributed by atoms with Crippen LogP contribution in [0.5, 0.6) is 5.75 Å². The van der Waals surface area contributed by atoms with Crippen LogP contribution in [-0.2, 0) is 13.1 Å². The second kappa shape index (κ2) is 9.48. The molecule has 0 aliphatic carbocycles. The molecular formula is C24H29N5O. The average molecular weight is 404 g/mol. The van der Waals surface area contributed by atoms with Gasteiger partial charge in [-0.05, 0) is 41.3 Å². The fraction of sp³-hybridized carbons (Fsp3) is 0.333. The molecule has 1 fully saturated rings. The third-order valence-electron chi connectivity index (χ3n) is 5.63. The summed E-state index contributed by atoms with van der Waals surface area (Å²) in [5, 5.41) is 7.83. The van der Waals surface area contributed by atoms with Crippen LogP contribution in [-0.4, -0.2) is 47.9 Å². The van der Waals surface area contributed by atoms with Crippen molar-refractivity contribution in [2.75, 3.05) is 27.2 Å². The van der Waals surface area contributed by atoms with E-state index >= 15 is 0 Å². The summed E-state index contributed by atoms with van der Waals surface area (Å²) < 4.78 is 7.22. The first-order chi connectivity index (χ1) is 14.7. The van der Waals surface area contributed by atoms with E-state index in [0.29, 0.717) is 5.92 Å². The van der Waals surface area contributed by atoms with Crippen LogP contribution in [0.15, 0.2) is 72.0 Å². The molecule has 4 rings (SSSR count). The van der Waals surface area contributed by atoms with Gasteiger partial charge < -0.3 is 15.0 Å². The molecule has 1 N–H and O–H groups in total. The number of ether oxygens (including phenoxy) is 1. The Balaban J connectivity index is 1.34. The number of methoxy groups -OCH3 is 1. The van der Waals surface area contributed by atoms with Crippen molar-refractivity contribution in [3.63, 3.8) is 0 Å². The number of aliphatic imine (C=N–C) groups is 1. The van der Waals surface area contributed by atoms with Gasteiger partial charge in [0.2, 0.25) is 0 Å². The minimum absolute atomic E-state index is 0.520. The van der Waals surface area contributed by atoms with Gasteiger partial charge in [0.25, 0.3) is 0 Å². The number of benzene rings is 2. The molecule has 1 atom stereocenters. The highest BCUT2D eigenvalue weighted by Crippen LogP contribution is 2.28. The summed E-state index contributed by atoms with van der Waals surface area (Å²) in [4.78, 5) is 6.87. The van der Waals surface area contributed by atoms with E-state index in [1.165, 1.54) is 16.7 Å². The number of rotatable bonds is 6. The lowest BCUT2D eigenvalue weighted by Gasteiger charge is -2.22. The lowest BCUT2D eigenvalue weighted by atomic mass is 9.98. The first-order valence-corrected chi connectivity index (χ1v) is 10.4. The molecule has 1 aliphatic heterocycles. The molecule has 1 aliphatic rings. The SMILES string of the molecule is CN=C(NCc1cccc(Cn2cccn2)c1)N1CCC(c2ccc(OC)cc2)C1. The van der Waals surface area contributed by atoms with Crippen LogP contribution in [0.1, 0.15) is 29.0 Å². The van der Waals surface area contributed by atoms with Gasteiger partial charge in [-0.3, -0.25) is 9.67 Å². The lowest BCUT2D eigenvalue weighted by molar-refractivity contribution is 0.414. The number of hydrogen-bond acceptors (Lipinski definition) is 3. The molecule has 1 saturated heterocycles. The fourth-order valence-electron chi connectivity index (χ4n) is 4.03. The van der Waals surface area contributed by atoms with Crippen LogP contribution >= 0.6 is 0 Å². The highest BCUT2D eigenvalue weighted by atomic mass is 16.5. The predicted octanol–water partition coefficient (Wildman–Crippen LogP) is 3.50. The Kier molecular flexibility index (Phi) is 6.32. The Morgan fingerprint density at radius 3 is 2.73 bits per heavy atom. The number of likely N-dealkylation sites (tertiary alicyclic amines) is 1. The van der Waals surface area contributed by atoms with Gasteiger partial charge in [0, 0.05) is 45.0 Å². The van der Waals surface area contributed by atoms with E-state index in [2.05, 4.69) is 56.7 Å². The first kappa shape index (κ1) is 20.0. The van der Waals surface area contributed by atoms with Crippen LogP contribution in [0.25, 0.3) is 0 Å². The summed E-state index contributed by atoms with van der Waals surface area (Å²) in [6.45, 7) is 3.52. The van der Waals surface area contributed by atoms with Gasteiger partial charge in [-0.15, -0.1) is 0 Å². The summed E-state index contributed by atoms with van der Waals surface area (Å²) in [7, 11) is 3.56. The molecule has 30 heavy (non-hydrogen) atoms. The van der Waals surface area contributed by atoms with Gasteiger partial charge in [0.1, 0.15) is 5.75 Å². The number of aromatic nitrogens is 2. The third kappa shape index (κ3) is 4.82. The molecule has 6 nitrogen and oxygen atoms in total. The molecular weight excluding hydrogens is 374 g/mol. The Labute approximate surface area is 178 Å². The van der Waals surface area contributed by atoms with Gasteiger partial charge >= 0.3 is 0 Å². The van der Waals surface area contributed by atoms with E-state index in [4.69, 9.17) is 4.74 Å². The van der Waals surface area contributed by atoms with Crippen molar-refractivity contribution in [1.29, 1.82) is 0 Å². The third-order valence-corrected chi connectivity index (χ3v) is 5.63. The predicted molar refractivity (Wildman–Crippen MR) is 120 cm³/mol. The quantitative estimate of drug-likeness (QED) is 0.506. The van der Waals surface area contributed by atoms with Crippen LogP contribution in [0.3, 0.4) is 0 Å². The summed E-state index contributed by atoms with van der Waals surface area (Å²) in [5.74, 6) is 2.39. The lowest BCUT2D eigenvalue weighted by Crippen LogP contribution is -2.39. The monoisotopic (exact) mass is 403 g/mol. The molecule has 3 aromatic rings. The van der Waals surface area contributed by atoms with Crippen LogP contribution in [0.2, 0.25) is 0 Å². The summed E-state index contributed by atoms with van der Waals surface area (Å²) in [5.41, 5.74) is 3.85. The maximum absolute atomic E-state index is 5.28. The van der Waals surface area contributed by atoms with Gasteiger partial charge in [-0.25, -0.2) is 0 Å². The van der Waals surface area contributed by atoms with Crippen molar-refractivity contribution in [2.45, 2.75) is 25.4 Å². The van der Waals surface area contributed by atoms with Crippen LogP contribution in [0.4, 0.5) is 0 Å². The molecule has 156 valence electrons. The number of hydrogen-bond donors (Lipinski definition) is 1. The second-order valence-electron chi connectivity index (χ2n) is 7.63. The van der Waals surface area contributed by atoms with Crippen LogP contribution < -0.4 is 10.1 Å². The van der Waals surface area contributed by atoms with E-state index in [-0.39, 0.29) is 0 Å². The first-order valence-electron chi connectivity index (χ1n) is 10.4. The zero-order valence-electron chi connectivity index (χ0n) is 17.7. The fourth-order valence-corrected chi connectivity index (χ4v) is 4.03. The van der Waals surface area contributed by atoms with Crippen molar-refractivity contribution in [3.8, 4) is 5.75 Å². The number of nitrogens with one attached hydrogen (secondary N) is 1. The molecule has 2 aromatic carbocycles. The Hall–Kier alpha value is -3.28. The zero-order valence-corrected chi connectivity index (χ0v) is 17.7. The normalized spacial score (nSPS) is 16.7. The van der Waals surface area contributed by atoms with Crippen molar-refractivity contribution >= 4 is 5.96 Å². The van der Waals surface area contributed by atoms with Gasteiger partial charge in [0.05, 0.1) is 13.7 Å². The van der Waals surface area contributed by atoms with Gasteiger partial charge in [-0.2, -0.15) is 5.10 Å². The maximum Gasteiger partial charge on any atom is 0.193 e. The molecule has 2 heterocycles. The van der Waals surface area contributed by atoms with Crippen LogP contribution in [0, 0.1) is 0 Å². The van der Waals surface area contributed by atoms with E-state index in [1.807, 2.05) is 42.3 Å².